The molecule has 0 radical (unpaired) electrons. The van der Waals surface area contributed by atoms with Crippen molar-refractivity contribution in [2.45, 2.75) is 33.5 Å². The van der Waals surface area contributed by atoms with E-state index >= 15 is 0 Å². The number of carboxylic acid groups (broad SMARTS) is 1. The number of nitrogens with one attached hydrogen (secondary N) is 1. The molecule has 38 heavy (non-hydrogen) atoms. The van der Waals surface area contributed by atoms with Crippen LogP contribution in [0.3, 0.4) is 0 Å². The van der Waals surface area contributed by atoms with Crippen LogP contribution in [0.15, 0.2) is 65.7 Å². The Bertz CT molecular complexity index is 1750. The van der Waals surface area contributed by atoms with Crippen LogP contribution in [0.1, 0.15) is 43.7 Å². The topological polar surface area (TPSA) is 114 Å². The SMILES string of the molecule is Cc1sc2c(c1C)C(c1ccccc1)=NCc1nnc(CNC(=O)c3cc4ccccc4n3CC(=O)O)n1-2. The Morgan fingerprint density at radius 3 is 2.61 bits per heavy atom. The normalized spacial score (nSPS) is 12.5. The zero-order valence-electron chi connectivity index (χ0n) is 20.8. The lowest BCUT2D eigenvalue weighted by Gasteiger charge is -2.11. The Morgan fingerprint density at radius 2 is 1.82 bits per heavy atom. The molecule has 5 aromatic rings. The second kappa shape index (κ2) is 9.38. The Labute approximate surface area is 222 Å². The van der Waals surface area contributed by atoms with Gasteiger partial charge in [-0.2, -0.15) is 0 Å². The number of hydrogen-bond acceptors (Lipinski definition) is 6. The van der Waals surface area contributed by atoms with Gasteiger partial charge < -0.3 is 15.0 Å². The molecular formula is C28H24N6O3S. The molecule has 1 aliphatic heterocycles. The number of carbonyl (C=O) groups excluding carboxylic acids is 1. The first-order chi connectivity index (χ1) is 18.4. The standard InChI is InChI=1S/C28H24N6O3S/c1-16-17(2)38-28-25(16)26(18-8-4-3-5-9-18)29-13-22-31-32-23(34(22)28)14-30-27(37)21-12-19-10-6-7-11-20(19)33(21)15-24(35)36/h3-12H,13-15H2,1-2H3,(H,30,37)(H,35,36). The Hall–Kier alpha value is -4.57. The summed E-state index contributed by atoms with van der Waals surface area (Å²) in [6.07, 6.45) is 0. The summed E-state index contributed by atoms with van der Waals surface area (Å²) in [4.78, 5) is 30.9. The lowest BCUT2D eigenvalue weighted by Crippen LogP contribution is -2.28. The highest BCUT2D eigenvalue weighted by molar-refractivity contribution is 7.15. The third kappa shape index (κ3) is 3.99. The van der Waals surface area contributed by atoms with Gasteiger partial charge in [0.05, 0.1) is 12.3 Å². The van der Waals surface area contributed by atoms with E-state index in [1.165, 1.54) is 9.44 Å². The maximum atomic E-state index is 13.3. The Kier molecular flexibility index (Phi) is 5.88. The van der Waals surface area contributed by atoms with Gasteiger partial charge in [0.15, 0.2) is 11.6 Å². The molecule has 9 nitrogen and oxygen atoms in total. The molecule has 0 unspecified atom stereocenters. The van der Waals surface area contributed by atoms with Crippen molar-refractivity contribution in [3.63, 3.8) is 0 Å². The molecule has 0 bridgehead atoms. The molecule has 0 saturated carbocycles. The first-order valence-corrected chi connectivity index (χ1v) is 13.0. The summed E-state index contributed by atoms with van der Waals surface area (Å²) in [5.41, 5.74) is 5.13. The fourth-order valence-corrected chi connectivity index (χ4v) is 6.06. The number of aryl methyl sites for hydroxylation is 1. The first kappa shape index (κ1) is 23.8. The average molecular weight is 525 g/mol. The van der Waals surface area contributed by atoms with E-state index in [-0.39, 0.29) is 24.7 Å². The van der Waals surface area contributed by atoms with Crippen LogP contribution in [0.4, 0.5) is 0 Å². The molecule has 2 N–H and O–H groups in total. The van der Waals surface area contributed by atoms with E-state index < -0.39 is 5.97 Å². The van der Waals surface area contributed by atoms with Gasteiger partial charge in [0.25, 0.3) is 5.91 Å². The van der Waals surface area contributed by atoms with Crippen molar-refractivity contribution in [2.24, 2.45) is 4.99 Å². The number of carboxylic acids is 1. The third-order valence-corrected chi connectivity index (χ3v) is 7.97. The number of thiophene rings is 1. The lowest BCUT2D eigenvalue weighted by atomic mass is 10.00. The largest absolute Gasteiger partial charge is 0.480 e. The van der Waals surface area contributed by atoms with Gasteiger partial charge in [-0.15, -0.1) is 21.5 Å². The van der Waals surface area contributed by atoms with Crippen LogP contribution in [0, 0.1) is 13.8 Å². The van der Waals surface area contributed by atoms with E-state index in [9.17, 15) is 14.7 Å². The molecule has 0 aliphatic carbocycles. The molecule has 3 aromatic heterocycles. The van der Waals surface area contributed by atoms with Crippen LogP contribution in [0.5, 0.6) is 0 Å². The molecule has 190 valence electrons. The molecule has 6 rings (SSSR count). The summed E-state index contributed by atoms with van der Waals surface area (Å²) in [6.45, 7) is 4.35. The van der Waals surface area contributed by atoms with Crippen molar-refractivity contribution >= 4 is 39.8 Å². The van der Waals surface area contributed by atoms with Crippen molar-refractivity contribution in [2.75, 3.05) is 0 Å². The predicted molar refractivity (Wildman–Crippen MR) is 145 cm³/mol. The van der Waals surface area contributed by atoms with Crippen LogP contribution in [-0.2, 0) is 24.4 Å². The minimum Gasteiger partial charge on any atom is -0.480 e. The number of aromatic nitrogens is 4. The van der Waals surface area contributed by atoms with Crippen LogP contribution >= 0.6 is 11.3 Å². The molecule has 1 aliphatic rings. The Morgan fingerprint density at radius 1 is 1.05 bits per heavy atom. The second-order valence-corrected chi connectivity index (χ2v) is 10.3. The van der Waals surface area contributed by atoms with E-state index in [2.05, 4.69) is 41.5 Å². The van der Waals surface area contributed by atoms with Crippen molar-refractivity contribution in [1.82, 2.24) is 24.6 Å². The van der Waals surface area contributed by atoms with E-state index in [0.29, 0.717) is 23.7 Å². The van der Waals surface area contributed by atoms with Gasteiger partial charge in [0, 0.05) is 26.9 Å². The molecule has 1 amide bonds. The molecule has 0 spiro atoms. The van der Waals surface area contributed by atoms with Crippen LogP contribution in [0.2, 0.25) is 0 Å². The first-order valence-electron chi connectivity index (χ1n) is 12.1. The molecular weight excluding hydrogens is 500 g/mol. The fraction of sp³-hybridized carbons (Fsp3) is 0.179. The minimum atomic E-state index is -1.02. The quantitative estimate of drug-likeness (QED) is 0.344. The molecule has 4 heterocycles. The van der Waals surface area contributed by atoms with E-state index in [0.717, 1.165) is 32.8 Å². The summed E-state index contributed by atoms with van der Waals surface area (Å²) < 4.78 is 3.51. The predicted octanol–water partition coefficient (Wildman–Crippen LogP) is 4.27. The number of aliphatic imine (C=N–C) groups is 1. The van der Waals surface area contributed by atoms with Crippen molar-refractivity contribution in [3.05, 3.63) is 99.6 Å². The highest BCUT2D eigenvalue weighted by Crippen LogP contribution is 2.36. The van der Waals surface area contributed by atoms with Crippen molar-refractivity contribution < 1.29 is 14.7 Å². The zero-order valence-corrected chi connectivity index (χ0v) is 21.6. The van der Waals surface area contributed by atoms with Gasteiger partial charge in [0.1, 0.15) is 23.8 Å². The second-order valence-electron chi connectivity index (χ2n) is 9.11. The zero-order chi connectivity index (χ0) is 26.4. The summed E-state index contributed by atoms with van der Waals surface area (Å²) in [7, 11) is 0. The number of benzene rings is 2. The molecule has 0 fully saturated rings. The van der Waals surface area contributed by atoms with Gasteiger partial charge in [-0.25, -0.2) is 0 Å². The highest BCUT2D eigenvalue weighted by atomic mass is 32.1. The van der Waals surface area contributed by atoms with Gasteiger partial charge in [-0.1, -0.05) is 48.5 Å². The fourth-order valence-electron chi connectivity index (χ4n) is 4.86. The summed E-state index contributed by atoms with van der Waals surface area (Å²) in [5, 5.41) is 22.9. The molecule has 0 atom stereocenters. The summed E-state index contributed by atoms with van der Waals surface area (Å²) in [5.74, 6) is -0.120. The maximum absolute atomic E-state index is 13.3. The van der Waals surface area contributed by atoms with E-state index in [1.807, 2.05) is 41.0 Å². The van der Waals surface area contributed by atoms with Crippen LogP contribution < -0.4 is 5.32 Å². The molecule has 0 saturated heterocycles. The smallest absolute Gasteiger partial charge is 0.323 e. The van der Waals surface area contributed by atoms with E-state index in [4.69, 9.17) is 4.99 Å². The van der Waals surface area contributed by atoms with Crippen molar-refractivity contribution in [3.8, 4) is 5.00 Å². The minimum absolute atomic E-state index is 0.122. The van der Waals surface area contributed by atoms with Gasteiger partial charge in [-0.05, 0) is 31.5 Å². The lowest BCUT2D eigenvalue weighted by molar-refractivity contribution is -0.137. The number of rotatable bonds is 6. The van der Waals surface area contributed by atoms with Crippen LogP contribution in [0.25, 0.3) is 15.9 Å². The number of hydrogen-bond donors (Lipinski definition) is 2. The molecule has 2 aromatic carbocycles. The number of carbonyl (C=O) groups is 2. The van der Waals surface area contributed by atoms with Gasteiger partial charge in [-0.3, -0.25) is 19.1 Å². The molecule has 10 heteroatoms. The third-order valence-electron chi connectivity index (χ3n) is 6.77. The summed E-state index contributed by atoms with van der Waals surface area (Å²) in [6, 6.07) is 19.1. The van der Waals surface area contributed by atoms with E-state index in [1.54, 1.807) is 23.5 Å². The number of fused-ring (bicyclic) bond motifs is 4. The van der Waals surface area contributed by atoms with Crippen molar-refractivity contribution in [1.29, 1.82) is 0 Å². The Balaban J connectivity index is 1.35. The number of para-hydroxylation sites is 1. The number of amides is 1. The monoisotopic (exact) mass is 524 g/mol. The van der Waals surface area contributed by atoms with Gasteiger partial charge in [0.2, 0.25) is 0 Å². The summed E-state index contributed by atoms with van der Waals surface area (Å²) >= 11 is 1.65. The number of nitrogens with zero attached hydrogens (tertiary/aromatic N) is 5. The van der Waals surface area contributed by atoms with Crippen LogP contribution in [-0.4, -0.2) is 42.0 Å². The average Bonchev–Trinajstić information content (AvgIpc) is 3.54. The highest BCUT2D eigenvalue weighted by Gasteiger charge is 2.28. The van der Waals surface area contributed by atoms with Gasteiger partial charge >= 0.3 is 5.97 Å². The maximum Gasteiger partial charge on any atom is 0.323 e. The number of aliphatic carboxylic acids is 1.